The zero-order chi connectivity index (χ0) is 18.2. The lowest BCUT2D eigenvalue weighted by atomic mass is 10.0. The van der Waals surface area contributed by atoms with Gasteiger partial charge in [-0.05, 0) is 42.7 Å². The van der Waals surface area contributed by atoms with Crippen LogP contribution in [0.3, 0.4) is 0 Å². The van der Waals surface area contributed by atoms with Gasteiger partial charge in [0, 0.05) is 0 Å². The monoisotopic (exact) mass is 345 g/mol. The molecule has 134 valence electrons. The molecule has 0 aliphatic carbocycles. The molecule has 0 spiro atoms. The standard InChI is InChI=1S/C19H23NO5/c1-13(2)15-6-8-16(9-7-15)24-12-18(21)25-14(3)19(22)20-11-17-5-4-10-23-17/h4-10,13-14H,11-12H2,1-3H3,(H,20,22)/t14-/m1/s1. The largest absolute Gasteiger partial charge is 0.482 e. The Labute approximate surface area is 147 Å². The SMILES string of the molecule is CC(C)c1ccc(OCC(=O)O[C@H](C)C(=O)NCc2ccco2)cc1. The highest BCUT2D eigenvalue weighted by molar-refractivity contribution is 5.83. The molecule has 6 nitrogen and oxygen atoms in total. The molecule has 0 aliphatic heterocycles. The topological polar surface area (TPSA) is 77.8 Å². The molecule has 0 radical (unpaired) electrons. The van der Waals surface area contributed by atoms with Crippen molar-refractivity contribution in [3.63, 3.8) is 0 Å². The summed E-state index contributed by atoms with van der Waals surface area (Å²) < 4.78 is 15.6. The fourth-order valence-corrected chi connectivity index (χ4v) is 2.11. The first-order valence-corrected chi connectivity index (χ1v) is 8.18. The Bertz CT molecular complexity index is 676. The Kier molecular flexibility index (Phi) is 6.62. The third-order valence-corrected chi connectivity index (χ3v) is 3.60. The lowest BCUT2D eigenvalue weighted by Gasteiger charge is -2.13. The molecular formula is C19H23NO5. The maximum atomic E-state index is 11.9. The van der Waals surface area contributed by atoms with Crippen molar-refractivity contribution in [2.24, 2.45) is 0 Å². The van der Waals surface area contributed by atoms with Gasteiger partial charge in [0.2, 0.25) is 0 Å². The number of hydrogen-bond acceptors (Lipinski definition) is 5. The lowest BCUT2D eigenvalue weighted by Crippen LogP contribution is -2.36. The Morgan fingerprint density at radius 2 is 1.84 bits per heavy atom. The van der Waals surface area contributed by atoms with Gasteiger partial charge in [0.15, 0.2) is 12.7 Å². The van der Waals surface area contributed by atoms with Gasteiger partial charge in [-0.2, -0.15) is 0 Å². The highest BCUT2D eigenvalue weighted by atomic mass is 16.6. The van der Waals surface area contributed by atoms with Crippen LogP contribution in [-0.4, -0.2) is 24.6 Å². The summed E-state index contributed by atoms with van der Waals surface area (Å²) in [5.41, 5.74) is 1.19. The molecule has 0 aliphatic rings. The molecule has 1 heterocycles. The third kappa shape index (κ3) is 5.99. The van der Waals surface area contributed by atoms with Crippen molar-refractivity contribution in [3.8, 4) is 5.75 Å². The van der Waals surface area contributed by atoms with E-state index >= 15 is 0 Å². The highest BCUT2D eigenvalue weighted by Gasteiger charge is 2.18. The van der Waals surface area contributed by atoms with Crippen molar-refractivity contribution in [2.45, 2.75) is 39.3 Å². The summed E-state index contributed by atoms with van der Waals surface area (Å²) >= 11 is 0. The number of hydrogen-bond donors (Lipinski definition) is 1. The zero-order valence-corrected chi connectivity index (χ0v) is 14.7. The molecule has 1 N–H and O–H groups in total. The molecule has 2 aromatic rings. The van der Waals surface area contributed by atoms with Crippen LogP contribution >= 0.6 is 0 Å². The molecule has 6 heteroatoms. The Balaban J connectivity index is 1.72. The third-order valence-electron chi connectivity index (χ3n) is 3.60. The summed E-state index contributed by atoms with van der Waals surface area (Å²) in [5.74, 6) is 0.635. The first-order valence-electron chi connectivity index (χ1n) is 8.18. The first-order chi connectivity index (χ1) is 12.0. The molecule has 1 aromatic carbocycles. The van der Waals surface area contributed by atoms with Gasteiger partial charge >= 0.3 is 5.97 Å². The molecular weight excluding hydrogens is 322 g/mol. The summed E-state index contributed by atoms with van der Waals surface area (Å²) in [4.78, 5) is 23.7. The number of ether oxygens (including phenoxy) is 2. The highest BCUT2D eigenvalue weighted by Crippen LogP contribution is 2.18. The molecule has 25 heavy (non-hydrogen) atoms. The number of rotatable bonds is 8. The molecule has 1 amide bonds. The van der Waals surface area contributed by atoms with Crippen LogP contribution in [0, 0.1) is 0 Å². The second-order valence-electron chi connectivity index (χ2n) is 5.94. The van der Waals surface area contributed by atoms with Gasteiger partial charge in [-0.1, -0.05) is 26.0 Å². The van der Waals surface area contributed by atoms with Crippen molar-refractivity contribution in [1.29, 1.82) is 0 Å². The van der Waals surface area contributed by atoms with Gasteiger partial charge in [-0.3, -0.25) is 4.79 Å². The fraction of sp³-hybridized carbons (Fsp3) is 0.368. The molecule has 1 atom stereocenters. The van der Waals surface area contributed by atoms with E-state index in [2.05, 4.69) is 19.2 Å². The summed E-state index contributed by atoms with van der Waals surface area (Å²) in [7, 11) is 0. The fourth-order valence-electron chi connectivity index (χ4n) is 2.11. The lowest BCUT2D eigenvalue weighted by molar-refractivity contribution is -0.156. The number of benzene rings is 1. The van der Waals surface area contributed by atoms with Crippen molar-refractivity contribution < 1.29 is 23.5 Å². The van der Waals surface area contributed by atoms with Crippen LogP contribution in [0.15, 0.2) is 47.1 Å². The van der Waals surface area contributed by atoms with Crippen LogP contribution in [0.4, 0.5) is 0 Å². The van der Waals surface area contributed by atoms with Gasteiger partial charge < -0.3 is 19.2 Å². The van der Waals surface area contributed by atoms with Gasteiger partial charge in [0.25, 0.3) is 5.91 Å². The number of amides is 1. The van der Waals surface area contributed by atoms with Crippen molar-refractivity contribution in [2.75, 3.05) is 6.61 Å². The molecule has 0 bridgehead atoms. The minimum absolute atomic E-state index is 0.242. The van der Waals surface area contributed by atoms with E-state index < -0.39 is 18.0 Å². The van der Waals surface area contributed by atoms with Gasteiger partial charge in [0.1, 0.15) is 11.5 Å². The second-order valence-corrected chi connectivity index (χ2v) is 5.94. The summed E-state index contributed by atoms with van der Waals surface area (Å²) in [6.07, 6.45) is 0.616. The Morgan fingerprint density at radius 1 is 1.12 bits per heavy atom. The van der Waals surface area contributed by atoms with Crippen LogP contribution in [0.2, 0.25) is 0 Å². The van der Waals surface area contributed by atoms with Gasteiger partial charge in [-0.15, -0.1) is 0 Å². The van der Waals surface area contributed by atoms with Crippen molar-refractivity contribution >= 4 is 11.9 Å². The molecule has 0 unspecified atom stereocenters. The summed E-state index contributed by atoms with van der Waals surface area (Å²) in [6, 6.07) is 11.0. The average Bonchev–Trinajstić information content (AvgIpc) is 3.11. The first kappa shape index (κ1) is 18.6. The zero-order valence-electron chi connectivity index (χ0n) is 14.7. The van der Waals surface area contributed by atoms with E-state index in [1.165, 1.54) is 18.8 Å². The van der Waals surface area contributed by atoms with E-state index in [-0.39, 0.29) is 13.2 Å². The Morgan fingerprint density at radius 3 is 2.44 bits per heavy atom. The number of carbonyl (C=O) groups excluding carboxylic acids is 2. The van der Waals surface area contributed by atoms with E-state index in [0.29, 0.717) is 17.4 Å². The predicted octanol–water partition coefficient (Wildman–Crippen LogP) is 3.03. The van der Waals surface area contributed by atoms with E-state index in [1.54, 1.807) is 12.1 Å². The van der Waals surface area contributed by atoms with Crippen LogP contribution in [0.1, 0.15) is 38.0 Å². The average molecular weight is 345 g/mol. The Hall–Kier alpha value is -2.76. The molecule has 0 saturated carbocycles. The number of carbonyl (C=O) groups is 2. The normalized spacial score (nSPS) is 11.8. The molecule has 1 aromatic heterocycles. The predicted molar refractivity (Wildman–Crippen MR) is 92.1 cm³/mol. The van der Waals surface area contributed by atoms with Crippen LogP contribution < -0.4 is 10.1 Å². The van der Waals surface area contributed by atoms with E-state index in [1.807, 2.05) is 24.3 Å². The number of nitrogens with one attached hydrogen (secondary N) is 1. The molecule has 0 saturated heterocycles. The van der Waals surface area contributed by atoms with Crippen LogP contribution in [0.25, 0.3) is 0 Å². The van der Waals surface area contributed by atoms with Gasteiger partial charge in [0.05, 0.1) is 12.8 Å². The van der Waals surface area contributed by atoms with Crippen molar-refractivity contribution in [3.05, 3.63) is 54.0 Å². The van der Waals surface area contributed by atoms with E-state index in [9.17, 15) is 9.59 Å². The number of esters is 1. The maximum absolute atomic E-state index is 11.9. The number of furan rings is 1. The van der Waals surface area contributed by atoms with E-state index in [4.69, 9.17) is 13.9 Å². The second kappa shape index (κ2) is 8.92. The van der Waals surface area contributed by atoms with Crippen LogP contribution in [0.5, 0.6) is 5.75 Å². The minimum Gasteiger partial charge on any atom is -0.482 e. The molecule has 2 rings (SSSR count). The van der Waals surface area contributed by atoms with E-state index in [0.717, 1.165) is 0 Å². The summed E-state index contributed by atoms with van der Waals surface area (Å²) in [6.45, 7) is 5.70. The summed E-state index contributed by atoms with van der Waals surface area (Å²) in [5, 5.41) is 2.63. The smallest absolute Gasteiger partial charge is 0.344 e. The van der Waals surface area contributed by atoms with Crippen molar-refractivity contribution in [1.82, 2.24) is 5.32 Å². The maximum Gasteiger partial charge on any atom is 0.344 e. The van der Waals surface area contributed by atoms with Crippen LogP contribution in [-0.2, 0) is 20.9 Å². The molecule has 0 fully saturated rings. The minimum atomic E-state index is -0.908. The van der Waals surface area contributed by atoms with Gasteiger partial charge in [-0.25, -0.2) is 4.79 Å². The quantitative estimate of drug-likeness (QED) is 0.744.